The molecule has 6 nitrogen and oxygen atoms in total. The maximum absolute atomic E-state index is 6.06. The number of hydrogen-bond acceptors (Lipinski definition) is 5. The van der Waals surface area contributed by atoms with E-state index in [2.05, 4.69) is 34.1 Å². The predicted molar refractivity (Wildman–Crippen MR) is 97.0 cm³/mol. The Labute approximate surface area is 146 Å². The smallest absolute Gasteiger partial charge is 0.138 e. The van der Waals surface area contributed by atoms with E-state index in [-0.39, 0.29) is 6.10 Å². The molecule has 1 N–H and O–H groups in total. The van der Waals surface area contributed by atoms with Gasteiger partial charge in [0.15, 0.2) is 0 Å². The van der Waals surface area contributed by atoms with Gasteiger partial charge in [-0.2, -0.15) is 5.10 Å². The van der Waals surface area contributed by atoms with E-state index < -0.39 is 0 Å². The first kappa shape index (κ1) is 15.9. The highest BCUT2D eigenvalue weighted by Crippen LogP contribution is 2.30. The predicted octanol–water partition coefficient (Wildman–Crippen LogP) is 3.11. The average Bonchev–Trinajstić information content (AvgIpc) is 3.01. The SMILES string of the molecule is CC1CN(C)CCCOc2ccc3[nH]nc(c3c2)-c2cncc(c2)O1. The fourth-order valence-electron chi connectivity index (χ4n) is 3.24. The van der Waals surface area contributed by atoms with Crippen LogP contribution in [0, 0.1) is 0 Å². The van der Waals surface area contributed by atoms with Crippen LogP contribution in [0.2, 0.25) is 0 Å². The second-order valence-corrected chi connectivity index (χ2v) is 6.58. The molecule has 130 valence electrons. The van der Waals surface area contributed by atoms with Crippen LogP contribution in [-0.2, 0) is 0 Å². The number of likely N-dealkylation sites (N-methyl/N-ethyl adjacent to an activating group) is 1. The summed E-state index contributed by atoms with van der Waals surface area (Å²) in [6, 6.07) is 8.01. The van der Waals surface area contributed by atoms with Crippen molar-refractivity contribution in [2.45, 2.75) is 19.4 Å². The van der Waals surface area contributed by atoms with E-state index in [0.717, 1.165) is 53.2 Å². The van der Waals surface area contributed by atoms with Gasteiger partial charge in [-0.1, -0.05) is 0 Å². The molecule has 25 heavy (non-hydrogen) atoms. The zero-order chi connectivity index (χ0) is 17.2. The molecule has 0 spiro atoms. The van der Waals surface area contributed by atoms with Gasteiger partial charge in [-0.05, 0) is 44.7 Å². The van der Waals surface area contributed by atoms with Gasteiger partial charge in [-0.3, -0.25) is 10.1 Å². The standard InChI is InChI=1S/C19H22N4O2/c1-13-12-23(2)6-3-7-24-15-4-5-18-17(9-15)19(22-21-18)14-8-16(25-13)11-20-10-14/h4-5,8-11,13H,3,6-7,12H2,1-2H3,(H,21,22). The van der Waals surface area contributed by atoms with Crippen molar-refractivity contribution in [2.75, 3.05) is 26.7 Å². The summed E-state index contributed by atoms with van der Waals surface area (Å²) in [7, 11) is 2.11. The number of hydrogen-bond donors (Lipinski definition) is 1. The Hall–Kier alpha value is -2.60. The number of nitrogens with one attached hydrogen (secondary N) is 1. The average molecular weight is 338 g/mol. The van der Waals surface area contributed by atoms with Crippen LogP contribution >= 0.6 is 0 Å². The number of H-pyrrole nitrogens is 1. The Morgan fingerprint density at radius 2 is 2.12 bits per heavy atom. The lowest BCUT2D eigenvalue weighted by Gasteiger charge is -2.22. The van der Waals surface area contributed by atoms with Gasteiger partial charge in [0.2, 0.25) is 0 Å². The lowest BCUT2D eigenvalue weighted by molar-refractivity contribution is 0.156. The Morgan fingerprint density at radius 1 is 1.20 bits per heavy atom. The summed E-state index contributed by atoms with van der Waals surface area (Å²) in [4.78, 5) is 6.59. The highest BCUT2D eigenvalue weighted by molar-refractivity contribution is 5.93. The van der Waals surface area contributed by atoms with Crippen LogP contribution in [0.25, 0.3) is 22.2 Å². The van der Waals surface area contributed by atoms with E-state index in [0.29, 0.717) is 6.61 Å². The van der Waals surface area contributed by atoms with Crippen molar-refractivity contribution in [2.24, 2.45) is 0 Å². The summed E-state index contributed by atoms with van der Waals surface area (Å²) in [5.74, 6) is 1.62. The quantitative estimate of drug-likeness (QED) is 0.682. The zero-order valence-corrected chi connectivity index (χ0v) is 14.5. The number of ether oxygens (including phenoxy) is 2. The number of nitrogens with zero attached hydrogens (tertiary/aromatic N) is 3. The largest absolute Gasteiger partial charge is 0.494 e. The van der Waals surface area contributed by atoms with Crippen LogP contribution in [0.3, 0.4) is 0 Å². The van der Waals surface area contributed by atoms with Crippen molar-refractivity contribution in [3.8, 4) is 22.8 Å². The van der Waals surface area contributed by atoms with Gasteiger partial charge in [0, 0.05) is 30.2 Å². The molecule has 1 aliphatic rings. The third-order valence-electron chi connectivity index (χ3n) is 4.38. The minimum atomic E-state index is 0.0772. The number of rotatable bonds is 0. The molecule has 3 heterocycles. The molecule has 1 unspecified atom stereocenters. The molecule has 1 aromatic carbocycles. The van der Waals surface area contributed by atoms with E-state index in [1.807, 2.05) is 30.5 Å². The molecule has 1 atom stereocenters. The van der Waals surface area contributed by atoms with Gasteiger partial charge in [-0.15, -0.1) is 0 Å². The second kappa shape index (κ2) is 6.72. The molecule has 4 rings (SSSR count). The van der Waals surface area contributed by atoms with Gasteiger partial charge in [0.05, 0.1) is 18.3 Å². The number of aromatic nitrogens is 3. The molecular weight excluding hydrogens is 316 g/mol. The minimum absolute atomic E-state index is 0.0772. The molecule has 0 aliphatic carbocycles. The summed E-state index contributed by atoms with van der Waals surface area (Å²) in [5, 5.41) is 8.57. The highest BCUT2D eigenvalue weighted by atomic mass is 16.5. The number of benzene rings is 1. The fraction of sp³-hybridized carbons (Fsp3) is 0.368. The highest BCUT2D eigenvalue weighted by Gasteiger charge is 2.13. The van der Waals surface area contributed by atoms with Crippen LogP contribution in [0.15, 0.2) is 36.7 Å². The monoisotopic (exact) mass is 338 g/mol. The van der Waals surface area contributed by atoms with Gasteiger partial charge >= 0.3 is 0 Å². The van der Waals surface area contributed by atoms with Crippen LogP contribution in [0.4, 0.5) is 0 Å². The van der Waals surface area contributed by atoms with Crippen LogP contribution in [0.5, 0.6) is 11.5 Å². The summed E-state index contributed by atoms with van der Waals surface area (Å²) in [6.45, 7) is 4.58. The molecule has 0 amide bonds. The van der Waals surface area contributed by atoms with Gasteiger partial charge in [0.1, 0.15) is 23.3 Å². The molecule has 2 aromatic heterocycles. The maximum Gasteiger partial charge on any atom is 0.138 e. The Balaban J connectivity index is 1.77. The molecular formula is C19H22N4O2. The normalized spacial score (nSPS) is 19.0. The topological polar surface area (TPSA) is 63.3 Å². The molecule has 0 radical (unpaired) electrons. The molecule has 1 aliphatic heterocycles. The third-order valence-corrected chi connectivity index (χ3v) is 4.38. The molecule has 6 heteroatoms. The minimum Gasteiger partial charge on any atom is -0.494 e. The van der Waals surface area contributed by atoms with E-state index in [9.17, 15) is 0 Å². The first-order valence-electron chi connectivity index (χ1n) is 8.60. The van der Waals surface area contributed by atoms with Gasteiger partial charge < -0.3 is 14.4 Å². The van der Waals surface area contributed by atoms with Crippen molar-refractivity contribution in [1.29, 1.82) is 0 Å². The Bertz CT molecular complexity index is 877. The molecule has 0 saturated heterocycles. The molecule has 4 bridgehead atoms. The van der Waals surface area contributed by atoms with Crippen molar-refractivity contribution in [1.82, 2.24) is 20.1 Å². The fourth-order valence-corrected chi connectivity index (χ4v) is 3.24. The summed E-state index contributed by atoms with van der Waals surface area (Å²) in [6.07, 6.45) is 4.61. The first-order chi connectivity index (χ1) is 12.2. The lowest BCUT2D eigenvalue weighted by Crippen LogP contribution is -2.32. The van der Waals surface area contributed by atoms with Crippen molar-refractivity contribution in [3.63, 3.8) is 0 Å². The molecule has 3 aromatic rings. The number of aromatic amines is 1. The van der Waals surface area contributed by atoms with Crippen LogP contribution in [-0.4, -0.2) is 52.9 Å². The summed E-state index contributed by atoms with van der Waals surface area (Å²) < 4.78 is 12.0. The molecule has 0 fully saturated rings. The van der Waals surface area contributed by atoms with E-state index in [4.69, 9.17) is 9.47 Å². The Kier molecular flexibility index (Phi) is 4.28. The van der Waals surface area contributed by atoms with Gasteiger partial charge in [-0.25, -0.2) is 0 Å². The lowest BCUT2D eigenvalue weighted by atomic mass is 10.1. The van der Waals surface area contributed by atoms with Gasteiger partial charge in [0.25, 0.3) is 0 Å². The number of pyridine rings is 1. The molecule has 0 saturated carbocycles. The zero-order valence-electron chi connectivity index (χ0n) is 14.5. The van der Waals surface area contributed by atoms with Crippen molar-refractivity contribution in [3.05, 3.63) is 36.7 Å². The second-order valence-electron chi connectivity index (χ2n) is 6.58. The Morgan fingerprint density at radius 3 is 3.04 bits per heavy atom. The third kappa shape index (κ3) is 3.44. The van der Waals surface area contributed by atoms with E-state index >= 15 is 0 Å². The van der Waals surface area contributed by atoms with E-state index in [1.165, 1.54) is 0 Å². The summed E-state index contributed by atoms with van der Waals surface area (Å²) >= 11 is 0. The maximum atomic E-state index is 6.06. The van der Waals surface area contributed by atoms with E-state index in [1.54, 1.807) is 6.20 Å². The van der Waals surface area contributed by atoms with Crippen molar-refractivity contribution < 1.29 is 9.47 Å². The van der Waals surface area contributed by atoms with Crippen molar-refractivity contribution >= 4 is 10.9 Å². The summed E-state index contributed by atoms with van der Waals surface area (Å²) in [5.41, 5.74) is 2.76. The van der Waals surface area contributed by atoms with Crippen LogP contribution < -0.4 is 9.47 Å². The van der Waals surface area contributed by atoms with Crippen LogP contribution in [0.1, 0.15) is 13.3 Å². The first-order valence-corrected chi connectivity index (χ1v) is 8.60. The number of fused-ring (bicyclic) bond motifs is 4.